The van der Waals surface area contributed by atoms with Gasteiger partial charge >= 0.3 is 0 Å². The van der Waals surface area contributed by atoms with Crippen molar-refractivity contribution in [2.45, 2.75) is 19.8 Å². The van der Waals surface area contributed by atoms with E-state index in [4.69, 9.17) is 4.74 Å². The second-order valence-corrected chi connectivity index (χ2v) is 2.86. The molecule has 1 aromatic rings. The molecule has 1 rings (SSSR count). The summed E-state index contributed by atoms with van der Waals surface area (Å²) in [6.45, 7) is 7.56. The van der Waals surface area contributed by atoms with Gasteiger partial charge in [-0.2, -0.15) is 0 Å². The van der Waals surface area contributed by atoms with Crippen molar-refractivity contribution in [3.05, 3.63) is 38.7 Å². The molecule has 0 amide bonds. The van der Waals surface area contributed by atoms with Crippen LogP contribution in [0, 0.1) is 0 Å². The summed E-state index contributed by atoms with van der Waals surface area (Å²) in [6, 6.07) is 0. The molecule has 0 bridgehead atoms. The zero-order valence-electron chi connectivity index (χ0n) is 7.79. The van der Waals surface area contributed by atoms with E-state index >= 15 is 0 Å². The molecule has 0 saturated carbocycles. The zero-order valence-corrected chi connectivity index (χ0v) is 7.79. The first-order valence-electron chi connectivity index (χ1n) is 4.22. The van der Waals surface area contributed by atoms with E-state index in [0.29, 0.717) is 12.2 Å². The highest BCUT2D eigenvalue weighted by atomic mass is 16.5. The Kier molecular flexibility index (Phi) is 2.66. The molecule has 3 heteroatoms. The average molecular weight is 180 g/mol. The maximum Gasteiger partial charge on any atom is 0.268 e. The summed E-state index contributed by atoms with van der Waals surface area (Å²) in [5.41, 5.74) is -0.483. The molecular weight excluding hydrogens is 168 g/mol. The molecule has 1 aromatic carbocycles. The molecule has 0 heterocycles. The van der Waals surface area contributed by atoms with E-state index < -0.39 is 10.9 Å². The molecule has 13 heavy (non-hydrogen) atoms. The monoisotopic (exact) mass is 180 g/mol. The molecule has 1 atom stereocenters. The Bertz CT molecular complexity index is 383. The van der Waals surface area contributed by atoms with E-state index in [2.05, 4.69) is 6.58 Å². The van der Waals surface area contributed by atoms with Gasteiger partial charge in [0, 0.05) is 5.92 Å². The first-order chi connectivity index (χ1) is 6.13. The van der Waals surface area contributed by atoms with Crippen molar-refractivity contribution in [3.63, 3.8) is 0 Å². The minimum Gasteiger partial charge on any atom is -0.489 e. The van der Waals surface area contributed by atoms with Gasteiger partial charge in [0.25, 0.3) is 5.43 Å². The summed E-state index contributed by atoms with van der Waals surface area (Å²) in [6.07, 6.45) is 1.62. The highest BCUT2D eigenvalue weighted by Gasteiger charge is 2.24. The van der Waals surface area contributed by atoms with Crippen molar-refractivity contribution in [3.8, 4) is 5.75 Å². The number of rotatable bonds is 4. The fourth-order valence-corrected chi connectivity index (χ4v) is 1.21. The molecule has 0 aliphatic carbocycles. The van der Waals surface area contributed by atoms with Crippen LogP contribution in [0.1, 0.15) is 25.3 Å². The van der Waals surface area contributed by atoms with Gasteiger partial charge in [-0.15, -0.1) is 6.58 Å². The Morgan fingerprint density at radius 1 is 1.46 bits per heavy atom. The van der Waals surface area contributed by atoms with Crippen molar-refractivity contribution < 1.29 is 4.74 Å². The van der Waals surface area contributed by atoms with Gasteiger partial charge in [0.2, 0.25) is 5.43 Å². The zero-order chi connectivity index (χ0) is 10.0. The van der Waals surface area contributed by atoms with Crippen LogP contribution in [0.3, 0.4) is 0 Å². The van der Waals surface area contributed by atoms with Gasteiger partial charge in [-0.3, -0.25) is 9.59 Å². The number of allylic oxidation sites excluding steroid dienone is 1. The van der Waals surface area contributed by atoms with Gasteiger partial charge < -0.3 is 4.74 Å². The van der Waals surface area contributed by atoms with Crippen LogP contribution in [0.5, 0.6) is 5.75 Å². The second kappa shape index (κ2) is 3.56. The highest BCUT2D eigenvalue weighted by Crippen LogP contribution is 2.21. The van der Waals surface area contributed by atoms with Crippen molar-refractivity contribution in [2.75, 3.05) is 6.61 Å². The van der Waals surface area contributed by atoms with Crippen LogP contribution in [0.2, 0.25) is 0 Å². The topological polar surface area (TPSA) is 43.4 Å². The molecule has 0 spiro atoms. The minimum absolute atomic E-state index is 0.105. The standard InChI is InChI=1S/C10H12O3/c1-4-6(3)7-8(11)9(12)10(7)13-5-2/h4,6H,1,5H2,2-3H3. The molecule has 0 aromatic heterocycles. The number of ether oxygens (including phenoxy) is 1. The van der Waals surface area contributed by atoms with E-state index in [-0.39, 0.29) is 11.7 Å². The quantitative estimate of drug-likeness (QED) is 0.512. The minimum atomic E-state index is -0.509. The molecule has 0 radical (unpaired) electrons. The van der Waals surface area contributed by atoms with Gasteiger partial charge in [-0.05, 0) is 6.92 Å². The summed E-state index contributed by atoms with van der Waals surface area (Å²) in [4.78, 5) is 22.1. The maximum absolute atomic E-state index is 11.1. The molecule has 0 N–H and O–H groups in total. The Labute approximate surface area is 76.3 Å². The Morgan fingerprint density at radius 2 is 2.08 bits per heavy atom. The molecule has 0 aliphatic heterocycles. The van der Waals surface area contributed by atoms with Crippen LogP contribution >= 0.6 is 0 Å². The number of hydrogen-bond donors (Lipinski definition) is 0. The summed E-state index contributed by atoms with van der Waals surface area (Å²) in [5.74, 6) is 0.117. The van der Waals surface area contributed by atoms with Crippen LogP contribution in [0.4, 0.5) is 0 Å². The third kappa shape index (κ3) is 1.41. The lowest BCUT2D eigenvalue weighted by molar-refractivity contribution is 0.327. The van der Waals surface area contributed by atoms with Gasteiger partial charge in [0.1, 0.15) is 0 Å². The lowest BCUT2D eigenvalue weighted by Gasteiger charge is -2.13. The molecule has 0 aliphatic rings. The molecule has 0 saturated heterocycles. The second-order valence-electron chi connectivity index (χ2n) is 2.86. The van der Waals surface area contributed by atoms with Crippen LogP contribution in [0.25, 0.3) is 0 Å². The summed E-state index contributed by atoms with van der Waals surface area (Å²) in [7, 11) is 0. The molecular formula is C10H12O3. The molecule has 3 nitrogen and oxygen atoms in total. The van der Waals surface area contributed by atoms with Crippen LogP contribution in [-0.2, 0) is 0 Å². The SMILES string of the molecule is C=CC(C)c1c(OCC)c(=O)c1=O. The third-order valence-electron chi connectivity index (χ3n) is 2.00. The van der Waals surface area contributed by atoms with Crippen LogP contribution in [-0.4, -0.2) is 6.61 Å². The lowest BCUT2D eigenvalue weighted by Crippen LogP contribution is -2.37. The predicted molar refractivity (Wildman–Crippen MR) is 51.1 cm³/mol. The van der Waals surface area contributed by atoms with Crippen molar-refractivity contribution in [2.24, 2.45) is 0 Å². The van der Waals surface area contributed by atoms with Gasteiger partial charge in [-0.25, -0.2) is 0 Å². The van der Waals surface area contributed by atoms with Crippen molar-refractivity contribution >= 4 is 0 Å². The summed E-state index contributed by atoms with van der Waals surface area (Å²) >= 11 is 0. The molecule has 0 fully saturated rings. The van der Waals surface area contributed by atoms with Crippen molar-refractivity contribution in [1.29, 1.82) is 0 Å². The van der Waals surface area contributed by atoms with E-state index in [0.717, 1.165) is 0 Å². The van der Waals surface area contributed by atoms with E-state index in [1.54, 1.807) is 13.0 Å². The fourth-order valence-electron chi connectivity index (χ4n) is 1.21. The highest BCUT2D eigenvalue weighted by molar-refractivity contribution is 5.43. The fraction of sp³-hybridized carbons (Fsp3) is 0.400. The van der Waals surface area contributed by atoms with E-state index in [9.17, 15) is 9.59 Å². The average Bonchev–Trinajstić information content (AvgIpc) is 2.16. The van der Waals surface area contributed by atoms with Crippen LogP contribution < -0.4 is 15.6 Å². The number of hydrogen-bond acceptors (Lipinski definition) is 3. The van der Waals surface area contributed by atoms with Crippen molar-refractivity contribution in [1.82, 2.24) is 0 Å². The van der Waals surface area contributed by atoms with Gasteiger partial charge in [0.05, 0.1) is 12.2 Å². The Balaban J connectivity index is 3.08. The van der Waals surface area contributed by atoms with E-state index in [1.807, 2.05) is 6.92 Å². The molecule has 1 unspecified atom stereocenters. The Hall–Kier alpha value is -1.38. The normalized spacial score (nSPS) is 12.8. The molecule has 70 valence electrons. The van der Waals surface area contributed by atoms with Gasteiger partial charge in [-0.1, -0.05) is 13.0 Å². The smallest absolute Gasteiger partial charge is 0.268 e. The van der Waals surface area contributed by atoms with Crippen LogP contribution in [0.15, 0.2) is 22.2 Å². The first-order valence-corrected chi connectivity index (χ1v) is 4.22. The summed E-state index contributed by atoms with van der Waals surface area (Å²) in [5, 5.41) is 0. The first kappa shape index (κ1) is 9.71. The van der Waals surface area contributed by atoms with E-state index in [1.165, 1.54) is 0 Å². The predicted octanol–water partition coefficient (Wildman–Crippen LogP) is 0.971. The largest absolute Gasteiger partial charge is 0.489 e. The maximum atomic E-state index is 11.1. The third-order valence-corrected chi connectivity index (χ3v) is 2.00. The van der Waals surface area contributed by atoms with Gasteiger partial charge in [0.15, 0.2) is 5.75 Å². The lowest BCUT2D eigenvalue weighted by atomic mass is 9.96. The summed E-state index contributed by atoms with van der Waals surface area (Å²) < 4.78 is 5.06. The Morgan fingerprint density at radius 3 is 2.54 bits per heavy atom.